The minimum Gasteiger partial charge on any atom is -0.490 e. The Morgan fingerprint density at radius 1 is 1.29 bits per heavy atom. The molecule has 1 aromatic heterocycles. The Labute approximate surface area is 118 Å². The Bertz CT molecular complexity index is 696. The molecular weight excluding hydrogens is 287 g/mol. The molecule has 0 aliphatic carbocycles. The predicted octanol–water partition coefficient (Wildman–Crippen LogP) is 3.74. The van der Waals surface area contributed by atoms with E-state index in [1.54, 1.807) is 13.8 Å². The van der Waals surface area contributed by atoms with Crippen LogP contribution in [0.2, 0.25) is 0 Å². The first-order valence-corrected chi connectivity index (χ1v) is 6.10. The third-order valence-electron chi connectivity index (χ3n) is 2.68. The topological polar surface area (TPSA) is 59.4 Å². The molecule has 2 rings (SSSR count). The van der Waals surface area contributed by atoms with Crippen LogP contribution in [-0.2, 0) is 6.18 Å². The quantitative estimate of drug-likeness (QED) is 0.938. The van der Waals surface area contributed by atoms with Crippen LogP contribution < -0.4 is 4.74 Å². The molecule has 21 heavy (non-hydrogen) atoms. The van der Waals surface area contributed by atoms with Gasteiger partial charge in [-0.1, -0.05) is 0 Å². The summed E-state index contributed by atoms with van der Waals surface area (Å²) in [5.41, 5.74) is -1.32. The Hall–Kier alpha value is -2.31. The molecule has 0 amide bonds. The SMILES string of the molecule is CC(C)Oc1cc(C(=O)O)nc2cc(C(F)(F)F)ccc12. The van der Waals surface area contributed by atoms with Crippen molar-refractivity contribution < 1.29 is 27.8 Å². The number of aromatic carboxylic acids is 1. The lowest BCUT2D eigenvalue weighted by molar-refractivity contribution is -0.137. The van der Waals surface area contributed by atoms with Crippen molar-refractivity contribution in [3.05, 3.63) is 35.5 Å². The molecule has 1 N–H and O–H groups in total. The van der Waals surface area contributed by atoms with Crippen molar-refractivity contribution in [2.45, 2.75) is 26.1 Å². The molecule has 1 aromatic carbocycles. The van der Waals surface area contributed by atoms with E-state index in [0.717, 1.165) is 12.1 Å². The van der Waals surface area contributed by atoms with E-state index in [2.05, 4.69) is 4.98 Å². The molecule has 0 spiro atoms. The minimum atomic E-state index is -4.52. The molecule has 0 bridgehead atoms. The first-order valence-electron chi connectivity index (χ1n) is 6.10. The molecule has 0 fully saturated rings. The van der Waals surface area contributed by atoms with Gasteiger partial charge in [0.2, 0.25) is 0 Å². The molecule has 0 aliphatic rings. The number of carboxylic acids is 1. The van der Waals surface area contributed by atoms with Crippen LogP contribution in [0.15, 0.2) is 24.3 Å². The van der Waals surface area contributed by atoms with E-state index in [9.17, 15) is 18.0 Å². The number of halogens is 3. The zero-order valence-electron chi connectivity index (χ0n) is 11.2. The molecule has 4 nitrogen and oxygen atoms in total. The highest BCUT2D eigenvalue weighted by molar-refractivity contribution is 5.93. The number of carboxylic acid groups (broad SMARTS) is 1. The maximum atomic E-state index is 12.7. The maximum Gasteiger partial charge on any atom is 0.416 e. The van der Waals surface area contributed by atoms with Crippen LogP contribution in [0, 0.1) is 0 Å². The van der Waals surface area contributed by atoms with E-state index in [1.165, 1.54) is 12.1 Å². The van der Waals surface area contributed by atoms with Gasteiger partial charge in [-0.05, 0) is 32.0 Å². The van der Waals surface area contributed by atoms with E-state index in [1.807, 2.05) is 0 Å². The molecule has 0 saturated heterocycles. The molecule has 0 radical (unpaired) electrons. The average Bonchev–Trinajstić information content (AvgIpc) is 2.36. The molecule has 0 atom stereocenters. The maximum absolute atomic E-state index is 12.7. The molecule has 112 valence electrons. The molecule has 0 aliphatic heterocycles. The van der Waals surface area contributed by atoms with Crippen molar-refractivity contribution in [3.63, 3.8) is 0 Å². The van der Waals surface area contributed by atoms with E-state index < -0.39 is 17.7 Å². The van der Waals surface area contributed by atoms with Crippen LogP contribution in [-0.4, -0.2) is 22.2 Å². The summed E-state index contributed by atoms with van der Waals surface area (Å²) in [6.45, 7) is 3.47. The fraction of sp³-hybridized carbons (Fsp3) is 0.286. The number of fused-ring (bicyclic) bond motifs is 1. The highest BCUT2D eigenvalue weighted by Crippen LogP contribution is 2.34. The van der Waals surface area contributed by atoms with Gasteiger partial charge in [-0.25, -0.2) is 9.78 Å². The second kappa shape index (κ2) is 5.23. The van der Waals surface area contributed by atoms with Crippen LogP contribution in [0.5, 0.6) is 5.75 Å². The van der Waals surface area contributed by atoms with E-state index in [-0.39, 0.29) is 23.1 Å². The Balaban J connectivity index is 2.69. The number of pyridine rings is 1. The van der Waals surface area contributed by atoms with Crippen molar-refractivity contribution in [1.82, 2.24) is 4.98 Å². The van der Waals surface area contributed by atoms with Crippen LogP contribution in [0.4, 0.5) is 13.2 Å². The van der Waals surface area contributed by atoms with Gasteiger partial charge in [-0.15, -0.1) is 0 Å². The Morgan fingerprint density at radius 2 is 1.95 bits per heavy atom. The van der Waals surface area contributed by atoms with Gasteiger partial charge in [0.15, 0.2) is 5.69 Å². The second-order valence-electron chi connectivity index (χ2n) is 4.71. The van der Waals surface area contributed by atoms with Crippen LogP contribution >= 0.6 is 0 Å². The second-order valence-corrected chi connectivity index (χ2v) is 4.71. The third-order valence-corrected chi connectivity index (χ3v) is 2.68. The summed E-state index contributed by atoms with van der Waals surface area (Å²) < 4.78 is 43.6. The predicted molar refractivity (Wildman–Crippen MR) is 69.5 cm³/mol. The largest absolute Gasteiger partial charge is 0.490 e. The first-order chi connectivity index (χ1) is 9.68. The minimum absolute atomic E-state index is 0.0691. The lowest BCUT2D eigenvalue weighted by atomic mass is 10.1. The van der Waals surface area contributed by atoms with Gasteiger partial charge < -0.3 is 9.84 Å². The van der Waals surface area contributed by atoms with E-state index >= 15 is 0 Å². The number of hydrogen-bond donors (Lipinski definition) is 1. The van der Waals surface area contributed by atoms with Gasteiger partial charge in [0.25, 0.3) is 0 Å². The summed E-state index contributed by atoms with van der Waals surface area (Å²) in [6, 6.07) is 4.17. The molecule has 1 heterocycles. The van der Waals surface area contributed by atoms with Crippen LogP contribution in [0.25, 0.3) is 10.9 Å². The van der Waals surface area contributed by atoms with Gasteiger partial charge in [-0.2, -0.15) is 13.2 Å². The van der Waals surface area contributed by atoms with Gasteiger partial charge in [0.05, 0.1) is 17.2 Å². The lowest BCUT2D eigenvalue weighted by Gasteiger charge is -2.14. The van der Waals surface area contributed by atoms with E-state index in [4.69, 9.17) is 9.84 Å². The number of rotatable bonds is 3. The van der Waals surface area contributed by atoms with Crippen molar-refractivity contribution in [2.75, 3.05) is 0 Å². The summed E-state index contributed by atoms with van der Waals surface area (Å²) >= 11 is 0. The zero-order chi connectivity index (χ0) is 15.8. The molecule has 7 heteroatoms. The summed E-state index contributed by atoms with van der Waals surface area (Å²) in [5, 5.41) is 9.33. The van der Waals surface area contributed by atoms with E-state index in [0.29, 0.717) is 5.39 Å². The highest BCUT2D eigenvalue weighted by Gasteiger charge is 2.31. The van der Waals surface area contributed by atoms with Crippen LogP contribution in [0.3, 0.4) is 0 Å². The van der Waals surface area contributed by atoms with Crippen molar-refractivity contribution in [2.24, 2.45) is 0 Å². The van der Waals surface area contributed by atoms with Crippen LogP contribution in [0.1, 0.15) is 29.9 Å². The standard InChI is InChI=1S/C14H12F3NO3/c1-7(2)21-12-6-11(13(19)20)18-10-5-8(14(15,16)17)3-4-9(10)12/h3-7H,1-2H3,(H,19,20). The number of hydrogen-bond acceptors (Lipinski definition) is 3. The highest BCUT2D eigenvalue weighted by atomic mass is 19.4. The summed E-state index contributed by atoms with van der Waals surface area (Å²) in [7, 11) is 0. The fourth-order valence-electron chi connectivity index (χ4n) is 1.83. The fourth-order valence-corrected chi connectivity index (χ4v) is 1.83. The van der Waals surface area contributed by atoms with Gasteiger partial charge in [0.1, 0.15) is 5.75 Å². The molecule has 0 saturated carbocycles. The first kappa shape index (κ1) is 15.1. The molecule has 2 aromatic rings. The van der Waals surface area contributed by atoms with Crippen molar-refractivity contribution in [3.8, 4) is 5.75 Å². The Morgan fingerprint density at radius 3 is 2.48 bits per heavy atom. The number of aromatic nitrogens is 1. The van der Waals surface area contributed by atoms with Gasteiger partial charge in [-0.3, -0.25) is 0 Å². The van der Waals surface area contributed by atoms with Crippen molar-refractivity contribution in [1.29, 1.82) is 0 Å². The van der Waals surface area contributed by atoms with Gasteiger partial charge >= 0.3 is 12.1 Å². The summed E-state index contributed by atoms with van der Waals surface area (Å²) in [5.74, 6) is -1.14. The summed E-state index contributed by atoms with van der Waals surface area (Å²) in [4.78, 5) is 14.8. The monoisotopic (exact) mass is 299 g/mol. The molecule has 0 unspecified atom stereocenters. The normalized spacial score (nSPS) is 11.9. The number of nitrogens with zero attached hydrogens (tertiary/aromatic N) is 1. The number of carbonyl (C=O) groups is 1. The van der Waals surface area contributed by atoms with Gasteiger partial charge in [0, 0.05) is 11.5 Å². The number of benzene rings is 1. The average molecular weight is 299 g/mol. The number of alkyl halides is 3. The third kappa shape index (κ3) is 3.24. The van der Waals surface area contributed by atoms with Crippen molar-refractivity contribution >= 4 is 16.9 Å². The zero-order valence-corrected chi connectivity index (χ0v) is 11.2. The molecular formula is C14H12F3NO3. The lowest BCUT2D eigenvalue weighted by Crippen LogP contribution is -2.09. The summed E-state index contributed by atoms with van der Waals surface area (Å²) in [6.07, 6.45) is -4.77. The smallest absolute Gasteiger partial charge is 0.416 e. The number of ether oxygens (including phenoxy) is 1. The Kier molecular flexibility index (Phi) is 3.76.